The van der Waals surface area contributed by atoms with Crippen molar-refractivity contribution in [2.75, 3.05) is 33.7 Å². The molecule has 0 amide bonds. The van der Waals surface area contributed by atoms with Crippen molar-refractivity contribution in [2.24, 2.45) is 4.99 Å². The summed E-state index contributed by atoms with van der Waals surface area (Å²) >= 11 is -1.68. The molecule has 0 aliphatic heterocycles. The van der Waals surface area contributed by atoms with Crippen molar-refractivity contribution in [3.8, 4) is 11.8 Å². The molecule has 0 spiro atoms. The van der Waals surface area contributed by atoms with Crippen LogP contribution in [0.3, 0.4) is 0 Å². The normalized spacial score (nSPS) is 11.8. The maximum absolute atomic E-state index is 13.5. The standard InChI is InChI=1S/C21H20F3NO3Te/c1-26-14-15-28-16-27-13-7-9-17-8-5-6-12-19(17)25-20(21(22,23)24)29-18-10-3-2-4-11-18/h2-6,8,10-12H,13-16H2,1H3. The molecule has 0 aliphatic carbocycles. The second kappa shape index (κ2) is 12.6. The number of halogens is 3. The third kappa shape index (κ3) is 8.99. The molecule has 0 aliphatic rings. The molecule has 0 bridgehead atoms. The fourth-order valence-corrected chi connectivity index (χ4v) is 4.23. The van der Waals surface area contributed by atoms with Crippen molar-refractivity contribution in [3.63, 3.8) is 0 Å². The minimum absolute atomic E-state index is 0.0678. The van der Waals surface area contributed by atoms with Gasteiger partial charge in [0.1, 0.15) is 0 Å². The fourth-order valence-electron chi connectivity index (χ4n) is 2.01. The molecule has 2 rings (SSSR count). The van der Waals surface area contributed by atoms with Gasteiger partial charge in [0.25, 0.3) is 0 Å². The molecule has 8 heteroatoms. The summed E-state index contributed by atoms with van der Waals surface area (Å²) in [5, 5.41) is 0. The molecule has 0 atom stereocenters. The summed E-state index contributed by atoms with van der Waals surface area (Å²) in [6, 6.07) is 15.1. The average molecular weight is 519 g/mol. The van der Waals surface area contributed by atoms with E-state index >= 15 is 0 Å². The van der Waals surface area contributed by atoms with Gasteiger partial charge in [0, 0.05) is 7.11 Å². The van der Waals surface area contributed by atoms with Crippen LogP contribution in [0.1, 0.15) is 5.56 Å². The Balaban J connectivity index is 2.10. The Morgan fingerprint density at radius 1 is 1.00 bits per heavy atom. The third-order valence-corrected chi connectivity index (χ3v) is 6.24. The number of rotatable bonds is 9. The first-order chi connectivity index (χ1) is 14.0. The predicted molar refractivity (Wildman–Crippen MR) is 107 cm³/mol. The predicted octanol–water partition coefficient (Wildman–Crippen LogP) is 3.30. The minimum atomic E-state index is -4.48. The van der Waals surface area contributed by atoms with Crippen LogP contribution in [-0.2, 0) is 14.2 Å². The van der Waals surface area contributed by atoms with Crippen LogP contribution >= 0.6 is 0 Å². The molecular formula is C21H20F3NO3Te. The van der Waals surface area contributed by atoms with Gasteiger partial charge in [-0.05, 0) is 0 Å². The summed E-state index contributed by atoms with van der Waals surface area (Å²) in [6.45, 7) is 1.04. The Labute approximate surface area is 178 Å². The van der Waals surface area contributed by atoms with Crippen LogP contribution in [-0.4, -0.2) is 64.6 Å². The van der Waals surface area contributed by atoms with E-state index in [2.05, 4.69) is 16.8 Å². The molecule has 0 fully saturated rings. The number of aliphatic imine (C=N–C) groups is 1. The quantitative estimate of drug-likeness (QED) is 0.168. The first-order valence-corrected chi connectivity index (χ1v) is 10.9. The Bertz CT molecular complexity index is 845. The van der Waals surface area contributed by atoms with E-state index in [1.165, 1.54) is 6.07 Å². The van der Waals surface area contributed by atoms with Gasteiger partial charge in [0.2, 0.25) is 0 Å². The van der Waals surface area contributed by atoms with Gasteiger partial charge in [-0.15, -0.1) is 0 Å². The Hall–Kier alpha value is -1.87. The summed E-state index contributed by atoms with van der Waals surface area (Å²) in [6.07, 6.45) is -4.48. The molecule has 0 heterocycles. The zero-order valence-corrected chi connectivity index (χ0v) is 18.1. The van der Waals surface area contributed by atoms with Crippen LogP contribution in [0.5, 0.6) is 0 Å². The van der Waals surface area contributed by atoms with Gasteiger partial charge in [-0.25, -0.2) is 0 Å². The maximum atomic E-state index is 13.5. The second-order valence-electron chi connectivity index (χ2n) is 5.52. The topological polar surface area (TPSA) is 40.0 Å². The number of nitrogens with zero attached hydrogens (tertiary/aromatic N) is 1. The molecule has 2 aromatic carbocycles. The molecule has 2 aromatic rings. The van der Waals surface area contributed by atoms with Gasteiger partial charge in [-0.2, -0.15) is 0 Å². The van der Waals surface area contributed by atoms with Crippen LogP contribution in [0.2, 0.25) is 0 Å². The first-order valence-electron chi connectivity index (χ1n) is 8.62. The van der Waals surface area contributed by atoms with E-state index in [9.17, 15) is 13.2 Å². The molecule has 0 radical (unpaired) electrons. The van der Waals surface area contributed by atoms with E-state index in [1.54, 1.807) is 55.6 Å². The number of methoxy groups -OCH3 is 1. The molecule has 154 valence electrons. The third-order valence-electron chi connectivity index (χ3n) is 3.32. The van der Waals surface area contributed by atoms with E-state index in [0.717, 1.165) is 0 Å². The van der Waals surface area contributed by atoms with Gasteiger partial charge in [0.05, 0.1) is 0 Å². The van der Waals surface area contributed by atoms with Gasteiger partial charge < -0.3 is 4.74 Å². The van der Waals surface area contributed by atoms with E-state index in [-0.39, 0.29) is 19.1 Å². The Morgan fingerprint density at radius 2 is 1.72 bits per heavy atom. The summed E-state index contributed by atoms with van der Waals surface area (Å²) in [4.78, 5) is 3.94. The summed E-state index contributed by atoms with van der Waals surface area (Å²) in [5.74, 6) is 5.59. The van der Waals surface area contributed by atoms with Crippen molar-refractivity contribution in [2.45, 2.75) is 6.18 Å². The van der Waals surface area contributed by atoms with Crippen molar-refractivity contribution < 1.29 is 27.4 Å². The molecule has 0 saturated carbocycles. The van der Waals surface area contributed by atoms with Crippen molar-refractivity contribution in [1.82, 2.24) is 0 Å². The molecule has 4 nitrogen and oxygen atoms in total. The van der Waals surface area contributed by atoms with Gasteiger partial charge in [-0.1, -0.05) is 0 Å². The zero-order chi connectivity index (χ0) is 21.0. The first kappa shape index (κ1) is 23.4. The van der Waals surface area contributed by atoms with E-state index < -0.39 is 30.9 Å². The number of para-hydroxylation sites is 1. The fraction of sp³-hybridized carbons (Fsp3) is 0.286. The van der Waals surface area contributed by atoms with Gasteiger partial charge >= 0.3 is 166 Å². The van der Waals surface area contributed by atoms with Crippen LogP contribution in [0.4, 0.5) is 18.9 Å². The van der Waals surface area contributed by atoms with Gasteiger partial charge in [-0.3, -0.25) is 0 Å². The molecule has 0 aromatic heterocycles. The van der Waals surface area contributed by atoms with Crippen molar-refractivity contribution in [1.29, 1.82) is 0 Å². The summed E-state index contributed by atoms with van der Waals surface area (Å²) in [5.41, 5.74) is 0.614. The number of ether oxygens (including phenoxy) is 3. The van der Waals surface area contributed by atoms with E-state index in [1.807, 2.05) is 0 Å². The van der Waals surface area contributed by atoms with Crippen LogP contribution in [0.25, 0.3) is 0 Å². The molecule has 0 saturated heterocycles. The SMILES string of the molecule is COCCOCOCC#Cc1ccccc1N=C([Te]c1ccccc1)C(F)(F)F. The molecule has 0 unspecified atom stereocenters. The van der Waals surface area contributed by atoms with Crippen LogP contribution in [0.15, 0.2) is 59.6 Å². The number of alkyl halides is 3. The number of hydrogen-bond donors (Lipinski definition) is 0. The number of hydrogen-bond acceptors (Lipinski definition) is 4. The van der Waals surface area contributed by atoms with Crippen LogP contribution in [0, 0.1) is 11.8 Å². The molecule has 29 heavy (non-hydrogen) atoms. The average Bonchev–Trinajstić information content (AvgIpc) is 2.70. The van der Waals surface area contributed by atoms with Gasteiger partial charge in [0.15, 0.2) is 0 Å². The summed E-state index contributed by atoms with van der Waals surface area (Å²) < 4.78 is 55.7. The number of benzene rings is 2. The zero-order valence-electron chi connectivity index (χ0n) is 15.7. The summed E-state index contributed by atoms with van der Waals surface area (Å²) in [7, 11) is 1.57. The monoisotopic (exact) mass is 521 g/mol. The van der Waals surface area contributed by atoms with E-state index in [0.29, 0.717) is 22.4 Å². The molecular weight excluding hydrogens is 499 g/mol. The Kier molecular flexibility index (Phi) is 10.2. The second-order valence-corrected chi connectivity index (χ2v) is 8.55. The van der Waals surface area contributed by atoms with Crippen molar-refractivity contribution >= 4 is 34.0 Å². The molecule has 0 N–H and O–H groups in total. The van der Waals surface area contributed by atoms with E-state index in [4.69, 9.17) is 14.2 Å². The van der Waals surface area contributed by atoms with Crippen molar-refractivity contribution in [3.05, 3.63) is 60.2 Å². The van der Waals surface area contributed by atoms with Crippen LogP contribution < -0.4 is 3.61 Å². The Morgan fingerprint density at radius 3 is 2.45 bits per heavy atom.